The quantitative estimate of drug-likeness (QED) is 0.516. The van der Waals surface area contributed by atoms with E-state index >= 15 is 0 Å². The maximum absolute atomic E-state index is 12.5. The van der Waals surface area contributed by atoms with Crippen LogP contribution in [-0.4, -0.2) is 17.8 Å². The summed E-state index contributed by atoms with van der Waals surface area (Å²) in [6.07, 6.45) is 2.38. The molecule has 2 nitrogen and oxygen atoms in total. The van der Waals surface area contributed by atoms with Gasteiger partial charge < -0.3 is 4.57 Å². The van der Waals surface area contributed by atoms with Crippen LogP contribution in [0.3, 0.4) is 0 Å². The SMILES string of the molecule is Cc1c2c(nc3sc(-c4ccccc4)cc13)CCP(C)(=O)C2.Cl. The molecule has 2 aromatic heterocycles. The maximum atomic E-state index is 12.5. The molecule has 0 fully saturated rings. The van der Waals surface area contributed by atoms with E-state index in [2.05, 4.69) is 37.3 Å². The van der Waals surface area contributed by atoms with Crippen molar-refractivity contribution in [3.63, 3.8) is 0 Å². The molecular weight excluding hydrogens is 345 g/mol. The number of aryl methyl sites for hydroxylation is 2. The molecule has 0 bridgehead atoms. The van der Waals surface area contributed by atoms with Crippen molar-refractivity contribution < 1.29 is 4.57 Å². The van der Waals surface area contributed by atoms with Gasteiger partial charge in [0.1, 0.15) is 4.83 Å². The summed E-state index contributed by atoms with van der Waals surface area (Å²) in [5.41, 5.74) is 4.92. The van der Waals surface area contributed by atoms with Gasteiger partial charge >= 0.3 is 0 Å². The van der Waals surface area contributed by atoms with Crippen LogP contribution in [0.25, 0.3) is 20.7 Å². The Kier molecular flexibility index (Phi) is 4.39. The van der Waals surface area contributed by atoms with Gasteiger partial charge in [0.15, 0.2) is 0 Å². The molecule has 1 atom stereocenters. The first-order valence-electron chi connectivity index (χ1n) is 7.56. The first-order chi connectivity index (χ1) is 10.5. The van der Waals surface area contributed by atoms with Crippen LogP contribution in [0.15, 0.2) is 36.4 Å². The van der Waals surface area contributed by atoms with Crippen LogP contribution in [0, 0.1) is 6.92 Å². The normalized spacial score (nSPS) is 20.1. The number of pyridine rings is 1. The predicted molar refractivity (Wildman–Crippen MR) is 103 cm³/mol. The highest BCUT2D eigenvalue weighted by Crippen LogP contribution is 2.51. The third-order valence-electron chi connectivity index (χ3n) is 4.53. The summed E-state index contributed by atoms with van der Waals surface area (Å²) < 4.78 is 12.5. The molecule has 1 aliphatic rings. The van der Waals surface area contributed by atoms with Crippen molar-refractivity contribution in [3.05, 3.63) is 53.2 Å². The van der Waals surface area contributed by atoms with E-state index in [4.69, 9.17) is 4.98 Å². The smallest absolute Gasteiger partial charge is 0.124 e. The van der Waals surface area contributed by atoms with Crippen molar-refractivity contribution in [2.75, 3.05) is 12.8 Å². The van der Waals surface area contributed by atoms with Crippen LogP contribution in [0.1, 0.15) is 16.8 Å². The first kappa shape index (κ1) is 16.7. The largest absolute Gasteiger partial charge is 0.323 e. The van der Waals surface area contributed by atoms with Gasteiger partial charge in [0.05, 0.1) is 7.14 Å². The minimum absolute atomic E-state index is 0. The van der Waals surface area contributed by atoms with Crippen molar-refractivity contribution in [1.82, 2.24) is 4.98 Å². The molecule has 3 heterocycles. The van der Waals surface area contributed by atoms with Gasteiger partial charge in [-0.25, -0.2) is 4.98 Å². The number of hydrogen-bond acceptors (Lipinski definition) is 3. The number of aromatic nitrogens is 1. The fraction of sp³-hybridized carbons (Fsp3) is 0.278. The highest BCUT2D eigenvalue weighted by Gasteiger charge is 2.27. The van der Waals surface area contributed by atoms with Crippen LogP contribution in [0.4, 0.5) is 0 Å². The fourth-order valence-electron chi connectivity index (χ4n) is 3.22. The summed E-state index contributed by atoms with van der Waals surface area (Å²) in [4.78, 5) is 7.26. The van der Waals surface area contributed by atoms with E-state index in [1.54, 1.807) is 11.3 Å². The number of rotatable bonds is 1. The summed E-state index contributed by atoms with van der Waals surface area (Å²) in [5, 5.41) is 1.23. The molecule has 0 aliphatic carbocycles. The average molecular weight is 364 g/mol. The van der Waals surface area contributed by atoms with E-state index in [0.29, 0.717) is 6.16 Å². The minimum Gasteiger partial charge on any atom is -0.323 e. The zero-order valence-corrected chi connectivity index (χ0v) is 15.7. The van der Waals surface area contributed by atoms with Crippen molar-refractivity contribution in [3.8, 4) is 10.4 Å². The van der Waals surface area contributed by atoms with Crippen LogP contribution in [0.2, 0.25) is 0 Å². The van der Waals surface area contributed by atoms with E-state index in [-0.39, 0.29) is 12.4 Å². The molecule has 4 rings (SSSR count). The Hall–Kier alpha value is -1.15. The van der Waals surface area contributed by atoms with Gasteiger partial charge in [-0.3, -0.25) is 0 Å². The van der Waals surface area contributed by atoms with E-state index in [1.807, 2.05) is 12.7 Å². The van der Waals surface area contributed by atoms with Gasteiger partial charge in [-0.2, -0.15) is 0 Å². The third-order valence-corrected chi connectivity index (χ3v) is 7.76. The highest BCUT2D eigenvalue weighted by molar-refractivity contribution is 7.62. The van der Waals surface area contributed by atoms with Gasteiger partial charge in [0.2, 0.25) is 0 Å². The lowest BCUT2D eigenvalue weighted by molar-refractivity contribution is 0.574. The summed E-state index contributed by atoms with van der Waals surface area (Å²) in [6.45, 7) is 4.10. The predicted octanol–water partition coefficient (Wildman–Crippen LogP) is 5.74. The highest BCUT2D eigenvalue weighted by atomic mass is 35.5. The second-order valence-electron chi connectivity index (χ2n) is 6.29. The molecule has 23 heavy (non-hydrogen) atoms. The van der Waals surface area contributed by atoms with Gasteiger partial charge in [-0.1, -0.05) is 30.3 Å². The Bertz CT molecular complexity index is 920. The lowest BCUT2D eigenvalue weighted by atomic mass is 10.0. The van der Waals surface area contributed by atoms with Crippen LogP contribution in [-0.2, 0) is 17.1 Å². The second-order valence-corrected chi connectivity index (χ2v) is 10.7. The van der Waals surface area contributed by atoms with Crippen LogP contribution < -0.4 is 0 Å². The average Bonchev–Trinajstić information content (AvgIpc) is 2.93. The lowest BCUT2D eigenvalue weighted by Crippen LogP contribution is -2.11. The van der Waals surface area contributed by atoms with Crippen molar-refractivity contribution in [1.29, 1.82) is 0 Å². The molecule has 1 aromatic carbocycles. The Morgan fingerprint density at radius 1 is 1.22 bits per heavy atom. The molecule has 120 valence electrons. The van der Waals surface area contributed by atoms with Gasteiger partial charge in [-0.05, 0) is 42.8 Å². The Morgan fingerprint density at radius 2 is 1.96 bits per heavy atom. The van der Waals surface area contributed by atoms with Gasteiger partial charge in [0, 0.05) is 28.3 Å². The number of halogens is 1. The van der Waals surface area contributed by atoms with E-state index < -0.39 is 7.14 Å². The zero-order chi connectivity index (χ0) is 15.3. The van der Waals surface area contributed by atoms with E-state index in [9.17, 15) is 4.57 Å². The van der Waals surface area contributed by atoms with Crippen LogP contribution in [0.5, 0.6) is 0 Å². The maximum Gasteiger partial charge on any atom is 0.124 e. The number of nitrogens with zero attached hydrogens (tertiary/aromatic N) is 1. The Balaban J connectivity index is 0.00000156. The minimum atomic E-state index is -2.01. The molecule has 0 radical (unpaired) electrons. The molecule has 1 unspecified atom stereocenters. The second kappa shape index (κ2) is 6.05. The summed E-state index contributed by atoms with van der Waals surface area (Å²) in [5.74, 6) is 0. The molecule has 0 saturated heterocycles. The Labute approximate surface area is 146 Å². The van der Waals surface area contributed by atoms with Gasteiger partial charge in [0.25, 0.3) is 0 Å². The first-order valence-corrected chi connectivity index (χ1v) is 10.9. The van der Waals surface area contributed by atoms with Crippen molar-refractivity contribution in [2.45, 2.75) is 19.5 Å². The van der Waals surface area contributed by atoms with Crippen LogP contribution >= 0.6 is 30.9 Å². The molecule has 5 heteroatoms. The lowest BCUT2D eigenvalue weighted by Gasteiger charge is -2.23. The number of hydrogen-bond donors (Lipinski definition) is 0. The molecule has 0 spiro atoms. The van der Waals surface area contributed by atoms with E-state index in [0.717, 1.165) is 17.4 Å². The molecular formula is C18H19ClNOPS. The summed E-state index contributed by atoms with van der Waals surface area (Å²) in [7, 11) is -2.01. The Morgan fingerprint density at radius 3 is 2.70 bits per heavy atom. The van der Waals surface area contributed by atoms with Crippen molar-refractivity contribution >= 4 is 41.1 Å². The monoisotopic (exact) mass is 363 g/mol. The molecule has 0 N–H and O–H groups in total. The topological polar surface area (TPSA) is 30.0 Å². The van der Waals surface area contributed by atoms with Gasteiger partial charge in [-0.15, -0.1) is 23.7 Å². The summed E-state index contributed by atoms with van der Waals surface area (Å²) in [6, 6.07) is 12.7. The third kappa shape index (κ3) is 2.98. The zero-order valence-electron chi connectivity index (χ0n) is 13.2. The van der Waals surface area contributed by atoms with E-state index in [1.165, 1.54) is 32.6 Å². The standard InChI is InChI=1S/C18H18NOPS.ClH/c1-12-14-10-17(13-6-4-3-5-7-13)22-18(14)19-16-8-9-21(2,20)11-15(12)16;/h3-7,10H,8-9,11H2,1-2H3;1H. The molecule has 0 saturated carbocycles. The number of thiophene rings is 1. The molecule has 3 aromatic rings. The summed E-state index contributed by atoms with van der Waals surface area (Å²) >= 11 is 1.76. The number of benzene rings is 1. The molecule has 0 amide bonds. The molecule has 1 aliphatic heterocycles. The van der Waals surface area contributed by atoms with Crippen molar-refractivity contribution in [2.24, 2.45) is 0 Å². The fourth-order valence-corrected chi connectivity index (χ4v) is 6.27. The number of fused-ring (bicyclic) bond motifs is 2.